The molecule has 0 amide bonds. The molecule has 0 bridgehead atoms. The van der Waals surface area contributed by atoms with Crippen molar-refractivity contribution in [3.8, 4) is 0 Å². The fourth-order valence-electron chi connectivity index (χ4n) is 2.77. The highest BCUT2D eigenvalue weighted by Crippen LogP contribution is 2.29. The summed E-state index contributed by atoms with van der Waals surface area (Å²) in [5.41, 5.74) is 3.03. The maximum absolute atomic E-state index is 5.66. The summed E-state index contributed by atoms with van der Waals surface area (Å²) < 4.78 is 0. The molecule has 3 N–H and O–H groups in total. The van der Waals surface area contributed by atoms with Crippen LogP contribution in [0.4, 0.5) is 0 Å². The molecule has 1 aliphatic rings. The second-order valence-corrected chi connectivity index (χ2v) is 5.82. The largest absolute Gasteiger partial charge is 0.271 e. The van der Waals surface area contributed by atoms with Gasteiger partial charge in [0.2, 0.25) is 0 Å². The zero-order valence-electron chi connectivity index (χ0n) is 9.82. The second-order valence-electron chi connectivity index (χ2n) is 4.79. The molecule has 90 valence electrons. The summed E-state index contributed by atoms with van der Waals surface area (Å²) in [6.45, 7) is 0. The van der Waals surface area contributed by atoms with E-state index in [1.807, 2.05) is 11.3 Å². The van der Waals surface area contributed by atoms with Crippen molar-refractivity contribution < 1.29 is 0 Å². The SMILES string of the molecule is NNC(CCCc1cccs1)C1CCCC1. The molecule has 1 fully saturated rings. The Bertz CT molecular complexity index is 278. The summed E-state index contributed by atoms with van der Waals surface area (Å²) in [6, 6.07) is 4.91. The zero-order chi connectivity index (χ0) is 11.2. The van der Waals surface area contributed by atoms with E-state index < -0.39 is 0 Å². The summed E-state index contributed by atoms with van der Waals surface area (Å²) in [4.78, 5) is 1.50. The maximum atomic E-state index is 5.66. The lowest BCUT2D eigenvalue weighted by atomic mass is 9.94. The lowest BCUT2D eigenvalue weighted by Crippen LogP contribution is -2.40. The van der Waals surface area contributed by atoms with Crippen molar-refractivity contribution >= 4 is 11.3 Å². The van der Waals surface area contributed by atoms with Gasteiger partial charge in [0.15, 0.2) is 0 Å². The molecule has 2 rings (SSSR count). The van der Waals surface area contributed by atoms with Gasteiger partial charge in [-0.15, -0.1) is 11.3 Å². The predicted molar refractivity (Wildman–Crippen MR) is 70.3 cm³/mol. The van der Waals surface area contributed by atoms with Crippen molar-refractivity contribution in [2.24, 2.45) is 11.8 Å². The number of rotatable bonds is 6. The molecule has 0 aliphatic heterocycles. The fourth-order valence-corrected chi connectivity index (χ4v) is 3.52. The maximum Gasteiger partial charge on any atom is 0.0238 e. The van der Waals surface area contributed by atoms with E-state index in [1.54, 1.807) is 0 Å². The van der Waals surface area contributed by atoms with Crippen molar-refractivity contribution in [2.75, 3.05) is 0 Å². The van der Waals surface area contributed by atoms with Crippen molar-refractivity contribution in [1.29, 1.82) is 0 Å². The van der Waals surface area contributed by atoms with E-state index in [4.69, 9.17) is 5.84 Å². The van der Waals surface area contributed by atoms with Crippen molar-refractivity contribution in [3.05, 3.63) is 22.4 Å². The summed E-state index contributed by atoms with van der Waals surface area (Å²) in [5, 5.41) is 2.16. The highest BCUT2D eigenvalue weighted by molar-refractivity contribution is 7.09. The highest BCUT2D eigenvalue weighted by atomic mass is 32.1. The first-order valence-electron chi connectivity index (χ1n) is 6.38. The molecule has 1 heterocycles. The van der Waals surface area contributed by atoms with Gasteiger partial charge in [-0.3, -0.25) is 11.3 Å². The Hall–Kier alpha value is -0.380. The van der Waals surface area contributed by atoms with E-state index in [0.717, 1.165) is 5.92 Å². The molecule has 3 heteroatoms. The average Bonchev–Trinajstić information content (AvgIpc) is 2.96. The summed E-state index contributed by atoms with van der Waals surface area (Å²) >= 11 is 1.86. The molecule has 0 radical (unpaired) electrons. The van der Waals surface area contributed by atoms with Crippen LogP contribution in [0.25, 0.3) is 0 Å². The third kappa shape index (κ3) is 3.30. The quantitative estimate of drug-likeness (QED) is 0.590. The number of aryl methyl sites for hydroxylation is 1. The first-order chi connectivity index (χ1) is 7.90. The number of hydrogen-bond donors (Lipinski definition) is 2. The van der Waals surface area contributed by atoms with Crippen LogP contribution < -0.4 is 11.3 Å². The van der Waals surface area contributed by atoms with Gasteiger partial charge >= 0.3 is 0 Å². The van der Waals surface area contributed by atoms with Gasteiger partial charge in [0.25, 0.3) is 0 Å². The van der Waals surface area contributed by atoms with Crippen LogP contribution in [-0.2, 0) is 6.42 Å². The predicted octanol–water partition coefficient (Wildman–Crippen LogP) is 3.09. The Labute approximate surface area is 102 Å². The van der Waals surface area contributed by atoms with E-state index in [0.29, 0.717) is 6.04 Å². The van der Waals surface area contributed by atoms with Crippen LogP contribution in [-0.4, -0.2) is 6.04 Å². The van der Waals surface area contributed by atoms with Crippen LogP contribution in [0.15, 0.2) is 17.5 Å². The van der Waals surface area contributed by atoms with Gasteiger partial charge < -0.3 is 0 Å². The molecule has 0 saturated heterocycles. The molecule has 16 heavy (non-hydrogen) atoms. The van der Waals surface area contributed by atoms with Gasteiger partial charge in [0.1, 0.15) is 0 Å². The monoisotopic (exact) mass is 238 g/mol. The van der Waals surface area contributed by atoms with E-state index >= 15 is 0 Å². The Balaban J connectivity index is 1.70. The molecular formula is C13H22N2S. The third-order valence-corrected chi connectivity index (χ3v) is 4.64. The van der Waals surface area contributed by atoms with Crippen molar-refractivity contribution in [2.45, 2.75) is 51.0 Å². The molecule has 1 unspecified atom stereocenters. The molecule has 1 aliphatic carbocycles. The summed E-state index contributed by atoms with van der Waals surface area (Å²) in [5.74, 6) is 6.49. The van der Waals surface area contributed by atoms with Gasteiger partial charge in [-0.1, -0.05) is 18.9 Å². The standard InChI is InChI=1S/C13H22N2S/c14-15-13(11-5-1-2-6-11)9-3-7-12-8-4-10-16-12/h4,8,10-11,13,15H,1-3,5-7,9,14H2. The van der Waals surface area contributed by atoms with E-state index in [-0.39, 0.29) is 0 Å². The molecule has 2 nitrogen and oxygen atoms in total. The average molecular weight is 238 g/mol. The molecule has 1 saturated carbocycles. The Kier molecular flexibility index (Phi) is 4.82. The Morgan fingerprint density at radius 2 is 2.25 bits per heavy atom. The van der Waals surface area contributed by atoms with E-state index in [2.05, 4.69) is 22.9 Å². The molecule has 0 aromatic carbocycles. The second kappa shape index (κ2) is 6.38. The summed E-state index contributed by atoms with van der Waals surface area (Å²) in [6.07, 6.45) is 9.22. The van der Waals surface area contributed by atoms with Gasteiger partial charge in [-0.2, -0.15) is 0 Å². The van der Waals surface area contributed by atoms with Gasteiger partial charge in [0, 0.05) is 10.9 Å². The minimum atomic E-state index is 0.544. The normalized spacial score (nSPS) is 19.1. The van der Waals surface area contributed by atoms with Crippen molar-refractivity contribution in [3.63, 3.8) is 0 Å². The molecule has 1 aromatic heterocycles. The Morgan fingerprint density at radius 1 is 1.44 bits per heavy atom. The zero-order valence-corrected chi connectivity index (χ0v) is 10.6. The van der Waals surface area contributed by atoms with Crippen LogP contribution >= 0.6 is 11.3 Å². The highest BCUT2D eigenvalue weighted by Gasteiger charge is 2.23. The fraction of sp³-hybridized carbons (Fsp3) is 0.692. The van der Waals surface area contributed by atoms with Crippen molar-refractivity contribution in [1.82, 2.24) is 5.43 Å². The van der Waals surface area contributed by atoms with Gasteiger partial charge in [-0.05, 0) is 49.5 Å². The molecular weight excluding hydrogens is 216 g/mol. The smallest absolute Gasteiger partial charge is 0.0238 e. The number of hydrogen-bond acceptors (Lipinski definition) is 3. The van der Waals surface area contributed by atoms with E-state index in [9.17, 15) is 0 Å². The first-order valence-corrected chi connectivity index (χ1v) is 7.26. The molecule has 1 aromatic rings. The number of nitrogens with one attached hydrogen (secondary N) is 1. The molecule has 0 spiro atoms. The van der Waals surface area contributed by atoms with Crippen LogP contribution in [0, 0.1) is 5.92 Å². The Morgan fingerprint density at radius 3 is 2.88 bits per heavy atom. The lowest BCUT2D eigenvalue weighted by molar-refractivity contribution is 0.339. The lowest BCUT2D eigenvalue weighted by Gasteiger charge is -2.22. The van der Waals surface area contributed by atoms with Crippen LogP contribution in [0.3, 0.4) is 0 Å². The number of thiophene rings is 1. The number of hydrazine groups is 1. The third-order valence-electron chi connectivity index (χ3n) is 3.70. The number of nitrogens with two attached hydrogens (primary N) is 1. The minimum absolute atomic E-state index is 0.544. The van der Waals surface area contributed by atoms with Gasteiger partial charge in [0.05, 0.1) is 0 Å². The van der Waals surface area contributed by atoms with Crippen LogP contribution in [0.2, 0.25) is 0 Å². The summed E-state index contributed by atoms with van der Waals surface area (Å²) in [7, 11) is 0. The van der Waals surface area contributed by atoms with Gasteiger partial charge in [-0.25, -0.2) is 0 Å². The van der Waals surface area contributed by atoms with Crippen LogP contribution in [0.5, 0.6) is 0 Å². The topological polar surface area (TPSA) is 38.0 Å². The first kappa shape index (κ1) is 12.1. The molecule has 1 atom stereocenters. The van der Waals surface area contributed by atoms with Crippen LogP contribution in [0.1, 0.15) is 43.4 Å². The van der Waals surface area contributed by atoms with E-state index in [1.165, 1.54) is 49.8 Å². The minimum Gasteiger partial charge on any atom is -0.271 e.